The smallest absolute Gasteiger partial charge is 0.255 e. The Balaban J connectivity index is 2.25. The molecule has 1 atom stereocenters. The molecule has 1 aromatic rings. The predicted molar refractivity (Wildman–Crippen MR) is 69.8 cm³/mol. The van der Waals surface area contributed by atoms with Gasteiger partial charge < -0.3 is 10.2 Å². The maximum atomic E-state index is 13.4. The Bertz CT molecular complexity index is 481. The molecule has 1 aliphatic heterocycles. The number of piperazine rings is 1. The molecule has 1 aliphatic rings. The van der Waals surface area contributed by atoms with E-state index in [2.05, 4.69) is 5.32 Å². The van der Waals surface area contributed by atoms with Crippen molar-refractivity contribution in [2.24, 2.45) is 0 Å². The first-order valence-electron chi connectivity index (χ1n) is 5.66. The minimum Gasteiger partial charge on any atom is -0.336 e. The van der Waals surface area contributed by atoms with Gasteiger partial charge in [0.1, 0.15) is 5.82 Å². The number of hydrogen-bond acceptors (Lipinski definition) is 2. The van der Waals surface area contributed by atoms with E-state index in [1.165, 1.54) is 6.07 Å². The molecular weight excluding hydrogens is 278 g/mol. The van der Waals surface area contributed by atoms with Crippen LogP contribution in [0.2, 0.25) is 10.0 Å². The first kappa shape index (κ1) is 13.6. The summed E-state index contributed by atoms with van der Waals surface area (Å²) in [6.45, 7) is 3.88. The van der Waals surface area contributed by atoms with Gasteiger partial charge >= 0.3 is 0 Å². The minimum atomic E-state index is -0.632. The summed E-state index contributed by atoms with van der Waals surface area (Å²) in [5.41, 5.74) is 0.160. The van der Waals surface area contributed by atoms with E-state index in [0.29, 0.717) is 13.1 Å². The Morgan fingerprint density at radius 3 is 2.83 bits per heavy atom. The number of nitrogens with one attached hydrogen (secondary N) is 1. The molecule has 0 aliphatic carbocycles. The van der Waals surface area contributed by atoms with Crippen molar-refractivity contribution in [3.8, 4) is 0 Å². The van der Waals surface area contributed by atoms with Crippen LogP contribution in [-0.4, -0.2) is 36.5 Å². The molecule has 0 radical (unpaired) electrons. The van der Waals surface area contributed by atoms with Crippen molar-refractivity contribution < 1.29 is 9.18 Å². The lowest BCUT2D eigenvalue weighted by Crippen LogP contribution is -2.51. The van der Waals surface area contributed by atoms with Crippen LogP contribution in [0.4, 0.5) is 4.39 Å². The number of halogens is 3. The van der Waals surface area contributed by atoms with E-state index in [1.54, 1.807) is 4.90 Å². The van der Waals surface area contributed by atoms with Gasteiger partial charge in [-0.1, -0.05) is 23.2 Å². The van der Waals surface area contributed by atoms with Gasteiger partial charge in [-0.3, -0.25) is 4.79 Å². The van der Waals surface area contributed by atoms with Crippen LogP contribution in [0, 0.1) is 5.82 Å². The first-order valence-corrected chi connectivity index (χ1v) is 6.42. The van der Waals surface area contributed by atoms with E-state index in [1.807, 2.05) is 6.92 Å². The predicted octanol–water partition coefficient (Wildman–Crippen LogP) is 2.57. The molecule has 1 unspecified atom stereocenters. The summed E-state index contributed by atoms with van der Waals surface area (Å²) in [5, 5.41) is 3.33. The summed E-state index contributed by atoms with van der Waals surface area (Å²) < 4.78 is 13.4. The molecule has 0 bridgehead atoms. The molecule has 6 heteroatoms. The summed E-state index contributed by atoms with van der Waals surface area (Å²) >= 11 is 11.5. The van der Waals surface area contributed by atoms with Crippen LogP contribution in [0.1, 0.15) is 17.3 Å². The Hall–Kier alpha value is -0.840. The quantitative estimate of drug-likeness (QED) is 0.807. The third-order valence-corrected chi connectivity index (χ3v) is 3.50. The van der Waals surface area contributed by atoms with Gasteiger partial charge in [0.05, 0.1) is 15.6 Å². The molecule has 1 saturated heterocycles. The topological polar surface area (TPSA) is 32.3 Å². The van der Waals surface area contributed by atoms with Gasteiger partial charge in [0.2, 0.25) is 0 Å². The van der Waals surface area contributed by atoms with Crippen LogP contribution in [0.15, 0.2) is 12.1 Å². The van der Waals surface area contributed by atoms with Crippen LogP contribution >= 0.6 is 23.2 Å². The summed E-state index contributed by atoms with van der Waals surface area (Å²) in [7, 11) is 0. The third kappa shape index (κ3) is 2.76. The van der Waals surface area contributed by atoms with Crippen LogP contribution in [0.25, 0.3) is 0 Å². The van der Waals surface area contributed by atoms with Gasteiger partial charge in [0.25, 0.3) is 5.91 Å². The highest BCUT2D eigenvalue weighted by atomic mass is 35.5. The van der Waals surface area contributed by atoms with E-state index in [4.69, 9.17) is 23.2 Å². The molecule has 1 amide bonds. The van der Waals surface area contributed by atoms with E-state index >= 15 is 0 Å². The van der Waals surface area contributed by atoms with Gasteiger partial charge in [0, 0.05) is 25.7 Å². The Morgan fingerprint density at radius 1 is 1.44 bits per heavy atom. The zero-order chi connectivity index (χ0) is 13.3. The molecule has 18 heavy (non-hydrogen) atoms. The molecule has 0 spiro atoms. The molecule has 0 saturated carbocycles. The van der Waals surface area contributed by atoms with Gasteiger partial charge in [0.15, 0.2) is 0 Å². The van der Waals surface area contributed by atoms with Crippen LogP contribution < -0.4 is 5.32 Å². The molecule has 1 heterocycles. The largest absolute Gasteiger partial charge is 0.336 e. The van der Waals surface area contributed by atoms with Gasteiger partial charge in [-0.05, 0) is 19.1 Å². The maximum Gasteiger partial charge on any atom is 0.255 e. The van der Waals surface area contributed by atoms with Crippen molar-refractivity contribution in [2.45, 2.75) is 13.0 Å². The number of amides is 1. The summed E-state index contributed by atoms with van der Waals surface area (Å²) in [6.07, 6.45) is 0. The molecule has 1 N–H and O–H groups in total. The van der Waals surface area contributed by atoms with Crippen molar-refractivity contribution >= 4 is 29.1 Å². The molecular formula is C12H13Cl2FN2O. The lowest BCUT2D eigenvalue weighted by molar-refractivity contribution is 0.0709. The summed E-state index contributed by atoms with van der Waals surface area (Å²) in [4.78, 5) is 13.9. The fourth-order valence-electron chi connectivity index (χ4n) is 1.97. The molecule has 1 fully saturated rings. The normalized spacial score (nSPS) is 20.0. The molecule has 1 aromatic carbocycles. The molecule has 0 aromatic heterocycles. The number of rotatable bonds is 1. The molecule has 98 valence electrons. The SMILES string of the molecule is CC1CN(C(=O)c2cc(F)c(Cl)cc2Cl)CCN1. The van der Waals surface area contributed by atoms with E-state index < -0.39 is 5.82 Å². The molecule has 3 nitrogen and oxygen atoms in total. The van der Waals surface area contributed by atoms with Gasteiger partial charge in [-0.2, -0.15) is 0 Å². The number of benzene rings is 1. The zero-order valence-electron chi connectivity index (χ0n) is 9.84. The van der Waals surface area contributed by atoms with Crippen molar-refractivity contribution in [2.75, 3.05) is 19.6 Å². The van der Waals surface area contributed by atoms with Gasteiger partial charge in [-0.25, -0.2) is 4.39 Å². The Kier molecular flexibility index (Phi) is 4.10. The lowest BCUT2D eigenvalue weighted by atomic mass is 10.1. The van der Waals surface area contributed by atoms with E-state index in [9.17, 15) is 9.18 Å². The van der Waals surface area contributed by atoms with Crippen molar-refractivity contribution in [1.82, 2.24) is 10.2 Å². The molecule has 2 rings (SSSR count). The lowest BCUT2D eigenvalue weighted by Gasteiger charge is -2.32. The van der Waals surface area contributed by atoms with Crippen LogP contribution in [0.3, 0.4) is 0 Å². The monoisotopic (exact) mass is 290 g/mol. The fourth-order valence-corrected chi connectivity index (χ4v) is 2.44. The van der Waals surface area contributed by atoms with Crippen molar-refractivity contribution in [3.63, 3.8) is 0 Å². The number of hydrogen-bond donors (Lipinski definition) is 1. The number of carbonyl (C=O) groups excluding carboxylic acids is 1. The van der Waals surface area contributed by atoms with Crippen molar-refractivity contribution in [3.05, 3.63) is 33.6 Å². The van der Waals surface area contributed by atoms with Crippen LogP contribution in [0.5, 0.6) is 0 Å². The van der Waals surface area contributed by atoms with E-state index in [0.717, 1.165) is 12.6 Å². The van der Waals surface area contributed by atoms with Crippen LogP contribution in [-0.2, 0) is 0 Å². The highest BCUT2D eigenvalue weighted by Gasteiger charge is 2.24. The standard InChI is InChI=1S/C12H13Cl2FN2O/c1-7-6-17(3-2-16-7)12(18)8-4-11(15)10(14)5-9(8)13/h4-5,7,16H,2-3,6H2,1H3. The second kappa shape index (κ2) is 5.43. The van der Waals surface area contributed by atoms with Crippen molar-refractivity contribution in [1.29, 1.82) is 0 Å². The average Bonchev–Trinajstić information content (AvgIpc) is 2.33. The van der Waals surface area contributed by atoms with Gasteiger partial charge in [-0.15, -0.1) is 0 Å². The zero-order valence-corrected chi connectivity index (χ0v) is 11.4. The highest BCUT2D eigenvalue weighted by Crippen LogP contribution is 2.25. The number of carbonyl (C=O) groups is 1. The average molecular weight is 291 g/mol. The Labute approximate surface area is 115 Å². The van der Waals surface area contributed by atoms with E-state index in [-0.39, 0.29) is 27.6 Å². The Morgan fingerprint density at radius 2 is 2.17 bits per heavy atom. The third-order valence-electron chi connectivity index (χ3n) is 2.90. The minimum absolute atomic E-state index is 0.0785. The second-order valence-corrected chi connectivity index (χ2v) is 5.17. The highest BCUT2D eigenvalue weighted by molar-refractivity contribution is 6.36. The first-order chi connectivity index (χ1) is 8.49. The summed E-state index contributed by atoms with van der Waals surface area (Å²) in [6, 6.07) is 2.58. The maximum absolute atomic E-state index is 13.4. The second-order valence-electron chi connectivity index (χ2n) is 4.35. The summed E-state index contributed by atoms with van der Waals surface area (Å²) in [5.74, 6) is -0.892. The number of nitrogens with zero attached hydrogens (tertiary/aromatic N) is 1. The fraction of sp³-hybridized carbons (Fsp3) is 0.417.